The normalized spacial score (nSPS) is 23.0. The molecule has 1 aliphatic carbocycles. The van der Waals surface area contributed by atoms with E-state index in [-0.39, 0.29) is 12.3 Å². The van der Waals surface area contributed by atoms with Gasteiger partial charge in [0.05, 0.1) is 24.4 Å². The summed E-state index contributed by atoms with van der Waals surface area (Å²) in [4.78, 5) is 19.3. The summed E-state index contributed by atoms with van der Waals surface area (Å²) in [5.41, 5.74) is 6.93. The first-order chi connectivity index (χ1) is 24.3. The number of aromatic nitrogens is 2. The largest absolute Gasteiger partial charge is 0.444 e. The van der Waals surface area contributed by atoms with Crippen molar-refractivity contribution in [3.63, 3.8) is 0 Å². The van der Waals surface area contributed by atoms with Gasteiger partial charge in [-0.05, 0) is 106 Å². The Balaban J connectivity index is 1.02. The second-order valence-corrected chi connectivity index (χ2v) is 15.5. The molecule has 0 N–H and O–H groups in total. The summed E-state index contributed by atoms with van der Waals surface area (Å²) in [6.07, 6.45) is 13.3. The van der Waals surface area contributed by atoms with Crippen LogP contribution in [0, 0.1) is 5.92 Å². The number of fused-ring (bicyclic) bond motifs is 1. The standard InChI is InChI=1S/C41H55N5O4/c1-41(2,3)50-40(47)45-21-19-43(20-22-45)29-33-11-14-34(15-12-33)35-16-18-38-36(28-35)37(42-46(38)39-6-4-5-25-49-39)17-13-31-7-9-32(10-8-31)30-44-23-26-48-27-24-44/h7-10,13-14,16-18,28,33,39H,4-6,11-12,15,19-27,29-30H2,1-3H3/b17-13+. The Hall–Kier alpha value is -3.50. The van der Waals surface area contributed by atoms with E-state index in [2.05, 4.69) is 75.2 Å². The number of amides is 1. The molecule has 0 spiro atoms. The lowest BCUT2D eigenvalue weighted by Gasteiger charge is -2.37. The fourth-order valence-corrected chi connectivity index (χ4v) is 7.67. The second-order valence-electron chi connectivity index (χ2n) is 15.5. The van der Waals surface area contributed by atoms with Crippen LogP contribution in [-0.4, -0.2) is 102 Å². The summed E-state index contributed by atoms with van der Waals surface area (Å²) in [6.45, 7) is 15.6. The number of ether oxygens (including phenoxy) is 3. The molecule has 1 aromatic heterocycles. The molecular formula is C41H55N5O4. The average Bonchev–Trinajstić information content (AvgIpc) is 3.50. The second kappa shape index (κ2) is 15.8. The zero-order chi connectivity index (χ0) is 34.5. The van der Waals surface area contributed by atoms with Crippen molar-refractivity contribution >= 4 is 34.7 Å². The van der Waals surface area contributed by atoms with E-state index in [1.54, 1.807) is 0 Å². The molecule has 1 amide bonds. The van der Waals surface area contributed by atoms with Crippen molar-refractivity contribution in [1.29, 1.82) is 0 Å². The lowest BCUT2D eigenvalue weighted by atomic mass is 9.86. The molecule has 9 nitrogen and oxygen atoms in total. The van der Waals surface area contributed by atoms with Crippen molar-refractivity contribution in [3.8, 4) is 0 Å². The highest BCUT2D eigenvalue weighted by molar-refractivity contribution is 5.92. The molecule has 7 rings (SSSR count). The van der Waals surface area contributed by atoms with Crippen LogP contribution >= 0.6 is 0 Å². The summed E-state index contributed by atoms with van der Waals surface area (Å²) in [5, 5.41) is 6.33. The number of carbonyl (C=O) groups excluding carboxylic acids is 1. The Labute approximate surface area is 297 Å². The third-order valence-corrected chi connectivity index (χ3v) is 10.5. The average molecular weight is 682 g/mol. The monoisotopic (exact) mass is 681 g/mol. The zero-order valence-corrected chi connectivity index (χ0v) is 30.3. The van der Waals surface area contributed by atoms with Gasteiger partial charge in [0.1, 0.15) is 5.60 Å². The van der Waals surface area contributed by atoms with E-state index in [9.17, 15) is 4.79 Å². The number of allylic oxidation sites excluding steroid dienone is 2. The summed E-state index contributed by atoms with van der Waals surface area (Å²) >= 11 is 0. The van der Waals surface area contributed by atoms with Gasteiger partial charge in [0.25, 0.3) is 0 Å². The molecule has 3 saturated heterocycles. The van der Waals surface area contributed by atoms with Gasteiger partial charge in [-0.15, -0.1) is 0 Å². The Morgan fingerprint density at radius 2 is 1.72 bits per heavy atom. The van der Waals surface area contributed by atoms with E-state index in [4.69, 9.17) is 19.3 Å². The van der Waals surface area contributed by atoms with E-state index >= 15 is 0 Å². The number of piperazine rings is 1. The van der Waals surface area contributed by atoms with Crippen LogP contribution in [0.25, 0.3) is 28.6 Å². The maximum absolute atomic E-state index is 12.5. The van der Waals surface area contributed by atoms with Crippen molar-refractivity contribution in [2.24, 2.45) is 5.92 Å². The topological polar surface area (TPSA) is 72.3 Å². The van der Waals surface area contributed by atoms with Crippen LogP contribution in [0.5, 0.6) is 0 Å². The van der Waals surface area contributed by atoms with E-state index in [0.29, 0.717) is 5.92 Å². The Morgan fingerprint density at radius 3 is 2.42 bits per heavy atom. The van der Waals surface area contributed by atoms with Gasteiger partial charge in [0, 0.05) is 64.4 Å². The van der Waals surface area contributed by atoms with Gasteiger partial charge in [-0.2, -0.15) is 5.10 Å². The molecule has 9 heteroatoms. The minimum atomic E-state index is -0.455. The molecular weight excluding hydrogens is 626 g/mol. The fraction of sp³-hybridized carbons (Fsp3) is 0.561. The minimum absolute atomic E-state index is 0.0145. The van der Waals surface area contributed by atoms with Crippen LogP contribution in [0.2, 0.25) is 0 Å². The van der Waals surface area contributed by atoms with E-state index in [1.165, 1.54) is 40.5 Å². The summed E-state index contributed by atoms with van der Waals surface area (Å²) in [5.74, 6) is 0.639. The molecule has 4 heterocycles. The third-order valence-electron chi connectivity index (χ3n) is 10.5. The lowest BCUT2D eigenvalue weighted by Crippen LogP contribution is -2.50. The van der Waals surface area contributed by atoms with Crippen molar-refractivity contribution in [2.75, 3.05) is 65.6 Å². The van der Waals surface area contributed by atoms with Crippen molar-refractivity contribution < 1.29 is 19.0 Å². The summed E-state index contributed by atoms with van der Waals surface area (Å²) < 4.78 is 19.4. The number of carbonyl (C=O) groups is 1. The highest BCUT2D eigenvalue weighted by Gasteiger charge is 2.28. The smallest absolute Gasteiger partial charge is 0.410 e. The molecule has 0 radical (unpaired) electrons. The van der Waals surface area contributed by atoms with Gasteiger partial charge < -0.3 is 19.1 Å². The number of rotatable bonds is 8. The molecule has 3 aliphatic heterocycles. The molecule has 50 heavy (non-hydrogen) atoms. The number of benzene rings is 2. The first-order valence-electron chi connectivity index (χ1n) is 18.9. The van der Waals surface area contributed by atoms with E-state index < -0.39 is 5.60 Å². The molecule has 2 aromatic carbocycles. The molecule has 4 aliphatic rings. The summed E-state index contributed by atoms with van der Waals surface area (Å²) in [7, 11) is 0. The van der Waals surface area contributed by atoms with E-state index in [1.807, 2.05) is 25.7 Å². The van der Waals surface area contributed by atoms with Crippen LogP contribution in [0.1, 0.15) is 87.9 Å². The molecule has 268 valence electrons. The first kappa shape index (κ1) is 34.9. The number of hydrogen-bond donors (Lipinski definition) is 0. The minimum Gasteiger partial charge on any atom is -0.444 e. The van der Waals surface area contributed by atoms with Gasteiger partial charge in [0.15, 0.2) is 6.23 Å². The highest BCUT2D eigenvalue weighted by atomic mass is 16.6. The van der Waals surface area contributed by atoms with Crippen molar-refractivity contribution in [1.82, 2.24) is 24.5 Å². The van der Waals surface area contributed by atoms with Crippen molar-refractivity contribution in [2.45, 2.75) is 77.7 Å². The predicted molar refractivity (Wildman–Crippen MR) is 200 cm³/mol. The molecule has 2 atom stereocenters. The first-order valence-corrected chi connectivity index (χ1v) is 18.9. The number of nitrogens with zero attached hydrogens (tertiary/aromatic N) is 5. The van der Waals surface area contributed by atoms with Crippen LogP contribution in [0.3, 0.4) is 0 Å². The highest BCUT2D eigenvalue weighted by Crippen LogP contribution is 2.35. The molecule has 0 saturated carbocycles. The van der Waals surface area contributed by atoms with Crippen molar-refractivity contribution in [3.05, 3.63) is 70.9 Å². The van der Waals surface area contributed by atoms with E-state index in [0.717, 1.165) is 109 Å². The Bertz CT molecular complexity index is 1650. The molecule has 2 unspecified atom stereocenters. The maximum Gasteiger partial charge on any atom is 0.410 e. The maximum atomic E-state index is 12.5. The third kappa shape index (κ3) is 8.86. The predicted octanol–water partition coefficient (Wildman–Crippen LogP) is 7.47. The quantitative estimate of drug-likeness (QED) is 0.244. The summed E-state index contributed by atoms with van der Waals surface area (Å²) in [6, 6.07) is 15.8. The number of morpholine rings is 1. The molecule has 0 bridgehead atoms. The van der Waals surface area contributed by atoms with Crippen LogP contribution in [-0.2, 0) is 20.8 Å². The SMILES string of the molecule is CC(C)(C)OC(=O)N1CCN(CC2CC=C(c3ccc4c(c3)c(/C=C/c3ccc(CN5CCOCC5)cc3)nn4C3CCCCO3)CC2)CC1. The van der Waals surface area contributed by atoms with Gasteiger partial charge >= 0.3 is 6.09 Å². The Kier molecular flexibility index (Phi) is 11.0. The van der Waals surface area contributed by atoms with Gasteiger partial charge in [0.2, 0.25) is 0 Å². The van der Waals surface area contributed by atoms with Crippen LogP contribution < -0.4 is 0 Å². The number of hydrogen-bond acceptors (Lipinski definition) is 7. The van der Waals surface area contributed by atoms with Gasteiger partial charge in [-0.25, -0.2) is 9.48 Å². The Morgan fingerprint density at radius 1 is 0.920 bits per heavy atom. The van der Waals surface area contributed by atoms with Gasteiger partial charge in [-0.1, -0.05) is 42.5 Å². The van der Waals surface area contributed by atoms with Crippen LogP contribution in [0.4, 0.5) is 4.79 Å². The fourth-order valence-electron chi connectivity index (χ4n) is 7.67. The lowest BCUT2D eigenvalue weighted by molar-refractivity contribution is -0.0367. The van der Waals surface area contributed by atoms with Crippen LogP contribution in [0.15, 0.2) is 48.5 Å². The zero-order valence-electron chi connectivity index (χ0n) is 30.3. The molecule has 3 aromatic rings. The van der Waals surface area contributed by atoms with Gasteiger partial charge in [-0.3, -0.25) is 9.80 Å². The molecule has 3 fully saturated rings.